The van der Waals surface area contributed by atoms with Crippen molar-refractivity contribution in [3.05, 3.63) is 16.3 Å². The van der Waals surface area contributed by atoms with Gasteiger partial charge in [-0.1, -0.05) is 26.7 Å². The van der Waals surface area contributed by atoms with Crippen molar-refractivity contribution in [3.63, 3.8) is 0 Å². The molecule has 0 spiro atoms. The summed E-state index contributed by atoms with van der Waals surface area (Å²) in [6, 6.07) is 1.75. The predicted molar refractivity (Wildman–Crippen MR) is 85.8 cm³/mol. The Morgan fingerprint density at radius 1 is 1.38 bits per heavy atom. The Morgan fingerprint density at radius 3 is 2.62 bits per heavy atom. The minimum Gasteiger partial charge on any atom is -0.391 e. The Morgan fingerprint density at radius 2 is 2.05 bits per heavy atom. The lowest BCUT2D eigenvalue weighted by atomic mass is 10.1. The highest BCUT2D eigenvalue weighted by molar-refractivity contribution is 7.89. The van der Waals surface area contributed by atoms with Crippen molar-refractivity contribution in [2.24, 2.45) is 5.92 Å². The number of aliphatic hydroxyl groups is 1. The molecule has 1 aliphatic carbocycles. The van der Waals surface area contributed by atoms with E-state index in [9.17, 15) is 13.5 Å². The van der Waals surface area contributed by atoms with E-state index in [0.29, 0.717) is 22.2 Å². The molecule has 1 heterocycles. The fourth-order valence-electron chi connectivity index (χ4n) is 2.88. The minimum absolute atomic E-state index is 0.125. The van der Waals surface area contributed by atoms with Gasteiger partial charge in [0.15, 0.2) is 0 Å². The molecule has 0 aromatic carbocycles. The third-order valence-corrected chi connectivity index (χ3v) is 7.16. The highest BCUT2D eigenvalue weighted by Crippen LogP contribution is 2.32. The molecular weight excluding hydrogens is 306 g/mol. The first-order chi connectivity index (χ1) is 9.96. The molecule has 0 atom stereocenters. The molecule has 6 heteroatoms. The van der Waals surface area contributed by atoms with E-state index in [4.69, 9.17) is 0 Å². The lowest BCUT2D eigenvalue weighted by molar-refractivity contribution is 0.280. The fraction of sp³-hybridized carbons (Fsp3) is 0.733. The van der Waals surface area contributed by atoms with Crippen LogP contribution in [0.4, 0.5) is 0 Å². The van der Waals surface area contributed by atoms with Gasteiger partial charge in [-0.3, -0.25) is 0 Å². The zero-order chi connectivity index (χ0) is 15.5. The topological polar surface area (TPSA) is 57.6 Å². The Bertz CT molecular complexity index is 545. The van der Waals surface area contributed by atoms with Gasteiger partial charge in [-0.15, -0.1) is 11.3 Å². The molecule has 0 bridgehead atoms. The second-order valence-corrected chi connectivity index (χ2v) is 8.96. The summed E-state index contributed by atoms with van der Waals surface area (Å²) < 4.78 is 27.7. The number of rotatable bonds is 7. The number of sulfonamides is 1. The van der Waals surface area contributed by atoms with Crippen LogP contribution < -0.4 is 0 Å². The third kappa shape index (κ3) is 3.86. The van der Waals surface area contributed by atoms with Crippen LogP contribution in [0.2, 0.25) is 0 Å². The van der Waals surface area contributed by atoms with E-state index in [0.717, 1.165) is 32.1 Å². The van der Waals surface area contributed by atoms with Gasteiger partial charge in [0.1, 0.15) is 0 Å². The van der Waals surface area contributed by atoms with Crippen molar-refractivity contribution >= 4 is 21.4 Å². The Kier molecular flexibility index (Phi) is 5.82. The van der Waals surface area contributed by atoms with Crippen molar-refractivity contribution in [2.75, 3.05) is 6.54 Å². The summed E-state index contributed by atoms with van der Waals surface area (Å²) in [6.45, 7) is 4.59. The van der Waals surface area contributed by atoms with Gasteiger partial charge in [0, 0.05) is 17.5 Å². The summed E-state index contributed by atoms with van der Waals surface area (Å²) in [5, 5.41) is 11.1. The predicted octanol–water partition coefficient (Wildman–Crippen LogP) is 3.22. The normalized spacial score (nSPS) is 17.2. The van der Waals surface area contributed by atoms with Gasteiger partial charge >= 0.3 is 0 Å². The molecule has 2 rings (SSSR count). The average Bonchev–Trinajstić information content (AvgIpc) is 3.09. The maximum absolute atomic E-state index is 13.0. The molecule has 1 N–H and O–H groups in total. The maximum Gasteiger partial charge on any atom is 0.244 e. The minimum atomic E-state index is -3.50. The van der Waals surface area contributed by atoms with Crippen LogP contribution in [0.15, 0.2) is 16.3 Å². The number of nitrogens with zero attached hydrogens (tertiary/aromatic N) is 1. The molecule has 0 unspecified atom stereocenters. The van der Waals surface area contributed by atoms with Crippen molar-refractivity contribution in [2.45, 2.75) is 63.5 Å². The summed E-state index contributed by atoms with van der Waals surface area (Å²) in [5.74, 6) is 0.476. The van der Waals surface area contributed by atoms with Crippen LogP contribution in [0.25, 0.3) is 0 Å². The lowest BCUT2D eigenvalue weighted by Gasteiger charge is -2.28. The van der Waals surface area contributed by atoms with E-state index in [-0.39, 0.29) is 12.6 Å². The second kappa shape index (κ2) is 7.22. The summed E-state index contributed by atoms with van der Waals surface area (Å²) in [4.78, 5) is 0.841. The molecule has 120 valence electrons. The van der Waals surface area contributed by atoms with Gasteiger partial charge in [0.05, 0.1) is 11.5 Å². The summed E-state index contributed by atoms with van der Waals surface area (Å²) >= 11 is 1.30. The molecule has 0 radical (unpaired) electrons. The molecule has 21 heavy (non-hydrogen) atoms. The molecule has 1 fully saturated rings. The Balaban J connectivity index is 2.29. The number of hydrogen-bond donors (Lipinski definition) is 1. The van der Waals surface area contributed by atoms with E-state index in [1.807, 2.05) is 0 Å². The van der Waals surface area contributed by atoms with Crippen LogP contribution in [-0.2, 0) is 16.6 Å². The van der Waals surface area contributed by atoms with E-state index in [1.165, 1.54) is 11.3 Å². The molecule has 0 amide bonds. The Hall–Kier alpha value is -0.430. The van der Waals surface area contributed by atoms with Gasteiger partial charge in [0.2, 0.25) is 10.0 Å². The van der Waals surface area contributed by atoms with Crippen LogP contribution in [-0.4, -0.2) is 30.4 Å². The van der Waals surface area contributed by atoms with Gasteiger partial charge < -0.3 is 5.11 Å². The summed E-state index contributed by atoms with van der Waals surface area (Å²) in [7, 11) is -3.50. The smallest absolute Gasteiger partial charge is 0.244 e. The lowest BCUT2D eigenvalue weighted by Crippen LogP contribution is -2.40. The van der Waals surface area contributed by atoms with E-state index >= 15 is 0 Å². The van der Waals surface area contributed by atoms with Gasteiger partial charge in [-0.2, -0.15) is 4.31 Å². The molecular formula is C15H25NO3S2. The van der Waals surface area contributed by atoms with Crippen LogP contribution in [0, 0.1) is 5.92 Å². The SMILES string of the molecule is CC(C)CCN(C1CCCC1)S(=O)(=O)c1ccsc1CO. The van der Waals surface area contributed by atoms with Gasteiger partial charge in [-0.25, -0.2) is 8.42 Å². The van der Waals surface area contributed by atoms with Crippen molar-refractivity contribution in [1.82, 2.24) is 4.31 Å². The standard InChI is InChI=1S/C15H25NO3S2/c1-12(2)7-9-16(13-5-3-4-6-13)21(18,19)15-8-10-20-14(15)11-17/h8,10,12-13,17H,3-7,9,11H2,1-2H3. The van der Waals surface area contributed by atoms with Crippen LogP contribution in [0.3, 0.4) is 0 Å². The van der Waals surface area contributed by atoms with Crippen LogP contribution in [0.5, 0.6) is 0 Å². The zero-order valence-corrected chi connectivity index (χ0v) is 14.4. The molecule has 1 saturated carbocycles. The fourth-order valence-corrected chi connectivity index (χ4v) is 5.84. The summed E-state index contributed by atoms with van der Waals surface area (Å²) in [5.41, 5.74) is 0. The monoisotopic (exact) mass is 331 g/mol. The van der Waals surface area contributed by atoms with Gasteiger partial charge in [-0.05, 0) is 36.6 Å². The largest absolute Gasteiger partial charge is 0.391 e. The van der Waals surface area contributed by atoms with E-state index < -0.39 is 10.0 Å². The first kappa shape index (κ1) is 16.9. The molecule has 1 aliphatic rings. The number of hydrogen-bond acceptors (Lipinski definition) is 4. The second-order valence-electron chi connectivity index (χ2n) is 6.10. The molecule has 0 saturated heterocycles. The Labute approximate surface area is 131 Å². The third-order valence-electron chi connectivity index (χ3n) is 4.09. The first-order valence-corrected chi connectivity index (χ1v) is 9.98. The average molecular weight is 332 g/mol. The van der Waals surface area contributed by atoms with E-state index in [2.05, 4.69) is 13.8 Å². The van der Waals surface area contributed by atoms with E-state index in [1.54, 1.807) is 15.8 Å². The molecule has 1 aromatic heterocycles. The van der Waals surface area contributed by atoms with Crippen LogP contribution in [0.1, 0.15) is 50.8 Å². The zero-order valence-electron chi connectivity index (χ0n) is 12.8. The quantitative estimate of drug-likeness (QED) is 0.834. The van der Waals surface area contributed by atoms with Crippen LogP contribution >= 0.6 is 11.3 Å². The summed E-state index contributed by atoms with van der Waals surface area (Å²) in [6.07, 6.45) is 4.99. The number of aliphatic hydroxyl groups excluding tert-OH is 1. The molecule has 0 aliphatic heterocycles. The van der Waals surface area contributed by atoms with Crippen molar-refractivity contribution < 1.29 is 13.5 Å². The first-order valence-electron chi connectivity index (χ1n) is 7.66. The maximum atomic E-state index is 13.0. The highest BCUT2D eigenvalue weighted by atomic mass is 32.2. The van der Waals surface area contributed by atoms with Crippen molar-refractivity contribution in [1.29, 1.82) is 0 Å². The molecule has 4 nitrogen and oxygen atoms in total. The molecule has 1 aromatic rings. The van der Waals surface area contributed by atoms with Gasteiger partial charge in [0.25, 0.3) is 0 Å². The highest BCUT2D eigenvalue weighted by Gasteiger charge is 2.34. The number of thiophene rings is 1. The van der Waals surface area contributed by atoms with Crippen molar-refractivity contribution in [3.8, 4) is 0 Å².